The van der Waals surface area contributed by atoms with Gasteiger partial charge in [-0.05, 0) is 23.3 Å². The lowest BCUT2D eigenvalue weighted by Gasteiger charge is -2.35. The Balaban J connectivity index is 1.43. The normalized spacial score (nSPS) is 17.4. The van der Waals surface area contributed by atoms with Crippen molar-refractivity contribution in [2.45, 2.75) is 37.0 Å². The standard InChI is InChI=1S/C24H24F2N4O3S/c1-34(32,33)19-9-7-18(8-10-19)14-29-11-12-30-21-20(22(31)27-23(29)30)15-28(16-24(21,25)26)13-17-5-3-2-4-6-17/h2-10H,11-16H2,1H3. The number of benzene rings is 2. The number of rotatable bonds is 5. The number of anilines is 1. The molecule has 0 atom stereocenters. The van der Waals surface area contributed by atoms with E-state index in [0.29, 0.717) is 26.2 Å². The molecule has 2 aromatic carbocycles. The fourth-order valence-electron chi connectivity index (χ4n) is 4.72. The molecule has 3 heterocycles. The van der Waals surface area contributed by atoms with E-state index in [1.54, 1.807) is 21.9 Å². The predicted molar refractivity (Wildman–Crippen MR) is 124 cm³/mol. The van der Waals surface area contributed by atoms with Crippen molar-refractivity contribution in [3.8, 4) is 0 Å². The molecule has 7 nitrogen and oxygen atoms in total. The van der Waals surface area contributed by atoms with Crippen molar-refractivity contribution in [1.82, 2.24) is 14.5 Å². The maximum atomic E-state index is 15.4. The van der Waals surface area contributed by atoms with Crippen molar-refractivity contribution in [1.29, 1.82) is 0 Å². The number of fused-ring (bicyclic) bond motifs is 3. The molecule has 0 radical (unpaired) electrons. The third-order valence-electron chi connectivity index (χ3n) is 6.26. The van der Waals surface area contributed by atoms with Crippen LogP contribution in [0.5, 0.6) is 0 Å². The van der Waals surface area contributed by atoms with E-state index >= 15 is 8.78 Å². The average molecular weight is 487 g/mol. The quantitative estimate of drug-likeness (QED) is 0.552. The molecular formula is C24H24F2N4O3S. The van der Waals surface area contributed by atoms with Crippen LogP contribution in [0.15, 0.2) is 64.3 Å². The lowest BCUT2D eigenvalue weighted by molar-refractivity contribution is -0.0621. The van der Waals surface area contributed by atoms with E-state index in [2.05, 4.69) is 4.98 Å². The molecule has 2 aliphatic heterocycles. The topological polar surface area (TPSA) is 75.5 Å². The van der Waals surface area contributed by atoms with Crippen molar-refractivity contribution < 1.29 is 17.2 Å². The van der Waals surface area contributed by atoms with Crippen LogP contribution in [0.4, 0.5) is 14.7 Å². The fraction of sp³-hybridized carbons (Fsp3) is 0.333. The average Bonchev–Trinajstić information content (AvgIpc) is 3.15. The molecule has 0 spiro atoms. The Morgan fingerprint density at radius 3 is 2.32 bits per heavy atom. The highest BCUT2D eigenvalue weighted by Gasteiger charge is 2.46. The predicted octanol–water partition coefficient (Wildman–Crippen LogP) is 2.77. The number of halogens is 2. The Morgan fingerprint density at radius 1 is 0.971 bits per heavy atom. The van der Waals surface area contributed by atoms with E-state index < -0.39 is 27.9 Å². The molecule has 0 amide bonds. The summed E-state index contributed by atoms with van der Waals surface area (Å²) in [7, 11) is -3.31. The Labute approximate surface area is 196 Å². The van der Waals surface area contributed by atoms with Gasteiger partial charge in [0.15, 0.2) is 9.84 Å². The number of aromatic nitrogens is 2. The van der Waals surface area contributed by atoms with E-state index in [9.17, 15) is 13.2 Å². The van der Waals surface area contributed by atoms with Crippen LogP contribution < -0.4 is 10.5 Å². The maximum absolute atomic E-state index is 15.4. The van der Waals surface area contributed by atoms with Crippen LogP contribution in [0.1, 0.15) is 22.4 Å². The first kappa shape index (κ1) is 22.7. The highest BCUT2D eigenvalue weighted by Crippen LogP contribution is 2.38. The molecule has 0 aliphatic carbocycles. The van der Waals surface area contributed by atoms with E-state index in [-0.39, 0.29) is 28.6 Å². The SMILES string of the molecule is CS(=O)(=O)c1ccc(CN2CCn3c2nc(=O)c2c3C(F)(F)CN(Cc3ccccc3)C2)cc1. The first-order valence-electron chi connectivity index (χ1n) is 10.9. The zero-order valence-electron chi connectivity index (χ0n) is 18.6. The van der Waals surface area contributed by atoms with Crippen molar-refractivity contribution in [3.05, 3.63) is 87.3 Å². The molecule has 0 saturated carbocycles. The summed E-state index contributed by atoms with van der Waals surface area (Å²) in [5, 5.41) is 0. The van der Waals surface area contributed by atoms with Gasteiger partial charge in [0.1, 0.15) is 5.69 Å². The molecule has 0 unspecified atom stereocenters. The van der Waals surface area contributed by atoms with Gasteiger partial charge in [-0.1, -0.05) is 42.5 Å². The first-order valence-corrected chi connectivity index (χ1v) is 12.8. The highest BCUT2D eigenvalue weighted by molar-refractivity contribution is 7.90. The van der Waals surface area contributed by atoms with Crippen LogP contribution in [0.25, 0.3) is 0 Å². The van der Waals surface area contributed by atoms with Crippen molar-refractivity contribution in [2.24, 2.45) is 0 Å². The van der Waals surface area contributed by atoms with Crippen molar-refractivity contribution in [2.75, 3.05) is 24.2 Å². The van der Waals surface area contributed by atoms with Gasteiger partial charge in [0.2, 0.25) is 5.95 Å². The second-order valence-corrected chi connectivity index (χ2v) is 10.9. The number of nitrogens with zero attached hydrogens (tertiary/aromatic N) is 4. The molecule has 0 bridgehead atoms. The van der Waals surface area contributed by atoms with Crippen LogP contribution in [-0.2, 0) is 41.9 Å². The zero-order valence-corrected chi connectivity index (χ0v) is 19.4. The third kappa shape index (κ3) is 4.23. The van der Waals surface area contributed by atoms with Crippen molar-refractivity contribution >= 4 is 15.8 Å². The molecule has 34 heavy (non-hydrogen) atoms. The monoisotopic (exact) mass is 486 g/mol. The van der Waals surface area contributed by atoms with E-state index in [1.807, 2.05) is 30.3 Å². The van der Waals surface area contributed by atoms with Gasteiger partial charge in [-0.3, -0.25) is 9.69 Å². The molecule has 178 valence electrons. The molecule has 3 aromatic rings. The minimum Gasteiger partial charge on any atom is -0.336 e. The summed E-state index contributed by atoms with van der Waals surface area (Å²) in [6.45, 7) is 1.05. The fourth-order valence-corrected chi connectivity index (χ4v) is 5.35. The minimum absolute atomic E-state index is 0.0512. The lowest BCUT2D eigenvalue weighted by atomic mass is 10.0. The van der Waals surface area contributed by atoms with Gasteiger partial charge in [0.25, 0.3) is 5.56 Å². The number of alkyl halides is 2. The van der Waals surface area contributed by atoms with Gasteiger partial charge in [0.05, 0.1) is 17.0 Å². The van der Waals surface area contributed by atoms with Crippen LogP contribution >= 0.6 is 0 Å². The minimum atomic E-state index is -3.31. The lowest BCUT2D eigenvalue weighted by Crippen LogP contribution is -2.45. The summed E-state index contributed by atoms with van der Waals surface area (Å²) in [6.07, 6.45) is 1.14. The smallest absolute Gasteiger partial charge is 0.300 e. The largest absolute Gasteiger partial charge is 0.336 e. The van der Waals surface area contributed by atoms with Gasteiger partial charge in [-0.25, -0.2) is 8.42 Å². The Bertz CT molecular complexity index is 1390. The number of sulfone groups is 1. The molecule has 0 N–H and O–H groups in total. The molecule has 0 saturated heterocycles. The van der Waals surface area contributed by atoms with Crippen molar-refractivity contribution in [3.63, 3.8) is 0 Å². The summed E-state index contributed by atoms with van der Waals surface area (Å²) < 4.78 is 55.6. The van der Waals surface area contributed by atoms with E-state index in [0.717, 1.165) is 17.4 Å². The summed E-state index contributed by atoms with van der Waals surface area (Å²) in [6, 6.07) is 15.7. The molecule has 1 aromatic heterocycles. The maximum Gasteiger partial charge on any atom is 0.300 e. The van der Waals surface area contributed by atoms with Crippen LogP contribution in [-0.4, -0.2) is 42.2 Å². The number of hydrogen-bond acceptors (Lipinski definition) is 6. The Morgan fingerprint density at radius 2 is 1.65 bits per heavy atom. The zero-order chi connectivity index (χ0) is 24.1. The van der Waals surface area contributed by atoms with Gasteiger partial charge < -0.3 is 9.47 Å². The van der Waals surface area contributed by atoms with Gasteiger partial charge in [0, 0.05) is 39.0 Å². The molecule has 0 fully saturated rings. The second kappa shape index (κ2) is 8.28. The summed E-state index contributed by atoms with van der Waals surface area (Å²) in [5.74, 6) is -2.96. The van der Waals surface area contributed by atoms with E-state index in [4.69, 9.17) is 0 Å². The van der Waals surface area contributed by atoms with E-state index in [1.165, 1.54) is 16.7 Å². The summed E-state index contributed by atoms with van der Waals surface area (Å²) in [4.78, 5) is 20.6. The first-order chi connectivity index (χ1) is 16.1. The van der Waals surface area contributed by atoms with Gasteiger partial charge in [-0.15, -0.1) is 0 Å². The van der Waals surface area contributed by atoms with Gasteiger partial charge >= 0.3 is 5.92 Å². The highest BCUT2D eigenvalue weighted by atomic mass is 32.2. The van der Waals surface area contributed by atoms with Crippen LogP contribution in [0.2, 0.25) is 0 Å². The van der Waals surface area contributed by atoms with Crippen LogP contribution in [0, 0.1) is 0 Å². The second-order valence-electron chi connectivity index (χ2n) is 8.87. The Hall–Kier alpha value is -3.11. The molecular weight excluding hydrogens is 462 g/mol. The van der Waals surface area contributed by atoms with Crippen LogP contribution in [0.3, 0.4) is 0 Å². The Kier molecular flexibility index (Phi) is 5.52. The summed E-state index contributed by atoms with van der Waals surface area (Å²) >= 11 is 0. The molecule has 5 rings (SSSR count). The third-order valence-corrected chi connectivity index (χ3v) is 7.39. The van der Waals surface area contributed by atoms with Gasteiger partial charge in [-0.2, -0.15) is 13.8 Å². The molecule has 10 heteroatoms. The number of hydrogen-bond donors (Lipinski definition) is 0. The molecule has 2 aliphatic rings. The summed E-state index contributed by atoms with van der Waals surface area (Å²) in [5.41, 5.74) is 0.896.